The molecule has 0 amide bonds. The van der Waals surface area contributed by atoms with Gasteiger partial charge in [0.05, 0.1) is 0 Å². The summed E-state index contributed by atoms with van der Waals surface area (Å²) in [4.78, 5) is 0. The fourth-order valence-electron chi connectivity index (χ4n) is 2.36. The number of halogens is 1. The number of hydrogen-bond acceptors (Lipinski definition) is 1. The minimum atomic E-state index is 0.666. The van der Waals surface area contributed by atoms with Crippen molar-refractivity contribution in [2.24, 2.45) is 0 Å². The highest BCUT2D eigenvalue weighted by molar-refractivity contribution is 6.10. The molecule has 0 aliphatic rings. The van der Waals surface area contributed by atoms with Gasteiger partial charge in [0.15, 0.2) is 5.75 Å². The summed E-state index contributed by atoms with van der Waals surface area (Å²) in [5.74, 6) is 0.666. The molecule has 0 aromatic heterocycles. The lowest BCUT2D eigenvalue weighted by Gasteiger charge is -2.13. The summed E-state index contributed by atoms with van der Waals surface area (Å²) in [6.07, 6.45) is 0. The van der Waals surface area contributed by atoms with Gasteiger partial charge in [-0.15, -0.1) is 0 Å². The van der Waals surface area contributed by atoms with Crippen LogP contribution >= 0.6 is 11.9 Å². The molecular formula is C18H13ClO. The van der Waals surface area contributed by atoms with Crippen molar-refractivity contribution < 1.29 is 4.29 Å². The Labute approximate surface area is 123 Å². The van der Waals surface area contributed by atoms with Crippen molar-refractivity contribution in [3.8, 4) is 28.0 Å². The van der Waals surface area contributed by atoms with Crippen LogP contribution in [0.1, 0.15) is 0 Å². The summed E-state index contributed by atoms with van der Waals surface area (Å²) in [5, 5.41) is 0. The Balaban J connectivity index is 2.26. The Morgan fingerprint density at radius 1 is 0.600 bits per heavy atom. The quantitative estimate of drug-likeness (QED) is 0.611. The summed E-state index contributed by atoms with van der Waals surface area (Å²) >= 11 is 5.64. The average molecular weight is 281 g/mol. The Bertz CT molecular complexity index is 693. The lowest BCUT2D eigenvalue weighted by molar-refractivity contribution is 0.622. The molecule has 0 atom stereocenters. The van der Waals surface area contributed by atoms with Crippen LogP contribution < -0.4 is 4.29 Å². The van der Waals surface area contributed by atoms with Gasteiger partial charge in [0.2, 0.25) is 0 Å². The van der Waals surface area contributed by atoms with E-state index < -0.39 is 0 Å². The maximum atomic E-state index is 5.64. The zero-order chi connectivity index (χ0) is 13.8. The molecular weight excluding hydrogens is 268 g/mol. The van der Waals surface area contributed by atoms with Gasteiger partial charge in [0.1, 0.15) is 11.9 Å². The highest BCUT2D eigenvalue weighted by atomic mass is 35.5. The second-order valence-corrected chi connectivity index (χ2v) is 4.64. The number of hydrogen-bond donors (Lipinski definition) is 0. The summed E-state index contributed by atoms with van der Waals surface area (Å²) in [5.41, 5.74) is 4.34. The first-order valence-electron chi connectivity index (χ1n) is 6.42. The van der Waals surface area contributed by atoms with E-state index >= 15 is 0 Å². The van der Waals surface area contributed by atoms with Gasteiger partial charge in [0, 0.05) is 5.56 Å². The van der Waals surface area contributed by atoms with Crippen LogP contribution in [0.4, 0.5) is 0 Å². The first-order chi connectivity index (χ1) is 9.90. The van der Waals surface area contributed by atoms with Gasteiger partial charge in [0.25, 0.3) is 0 Å². The lowest BCUT2D eigenvalue weighted by Crippen LogP contribution is -1.88. The molecule has 1 nitrogen and oxygen atoms in total. The fraction of sp³-hybridized carbons (Fsp3) is 0. The van der Waals surface area contributed by atoms with E-state index in [-0.39, 0.29) is 0 Å². The topological polar surface area (TPSA) is 9.23 Å². The van der Waals surface area contributed by atoms with E-state index in [1.807, 2.05) is 48.5 Å². The second-order valence-electron chi connectivity index (χ2n) is 4.49. The van der Waals surface area contributed by atoms with E-state index in [2.05, 4.69) is 30.3 Å². The standard InChI is InChI=1S/C18H13ClO/c19-20-17-13-7-12-16(14-8-3-1-4-9-14)18(17)15-10-5-2-6-11-15/h1-13H. The first kappa shape index (κ1) is 12.8. The van der Waals surface area contributed by atoms with Crippen LogP contribution in [0.2, 0.25) is 0 Å². The lowest BCUT2D eigenvalue weighted by atomic mass is 9.94. The molecule has 0 bridgehead atoms. The normalized spacial score (nSPS) is 10.2. The van der Waals surface area contributed by atoms with E-state index in [0.717, 1.165) is 22.3 Å². The summed E-state index contributed by atoms with van der Waals surface area (Å²) in [7, 11) is 0. The van der Waals surface area contributed by atoms with Crippen LogP contribution in [-0.4, -0.2) is 0 Å². The van der Waals surface area contributed by atoms with Crippen LogP contribution in [-0.2, 0) is 0 Å². The highest BCUT2D eigenvalue weighted by Crippen LogP contribution is 2.39. The third-order valence-corrected chi connectivity index (χ3v) is 3.42. The zero-order valence-corrected chi connectivity index (χ0v) is 11.5. The van der Waals surface area contributed by atoms with Crippen molar-refractivity contribution in [2.45, 2.75) is 0 Å². The van der Waals surface area contributed by atoms with Gasteiger partial charge in [-0.25, -0.2) is 0 Å². The van der Waals surface area contributed by atoms with Crippen molar-refractivity contribution in [3.05, 3.63) is 78.9 Å². The summed E-state index contributed by atoms with van der Waals surface area (Å²) < 4.78 is 5.03. The van der Waals surface area contributed by atoms with Crippen molar-refractivity contribution in [1.82, 2.24) is 0 Å². The Morgan fingerprint density at radius 2 is 1.20 bits per heavy atom. The van der Waals surface area contributed by atoms with Gasteiger partial charge in [-0.3, -0.25) is 0 Å². The fourth-order valence-corrected chi connectivity index (χ4v) is 2.48. The van der Waals surface area contributed by atoms with Crippen molar-refractivity contribution in [3.63, 3.8) is 0 Å². The van der Waals surface area contributed by atoms with Crippen molar-refractivity contribution in [2.75, 3.05) is 0 Å². The maximum absolute atomic E-state index is 5.64. The molecule has 0 aliphatic carbocycles. The molecule has 0 saturated carbocycles. The van der Waals surface area contributed by atoms with E-state index in [0.29, 0.717) is 5.75 Å². The van der Waals surface area contributed by atoms with Gasteiger partial charge >= 0.3 is 0 Å². The summed E-state index contributed by atoms with van der Waals surface area (Å²) in [6.45, 7) is 0. The molecule has 0 unspecified atom stereocenters. The average Bonchev–Trinajstić information content (AvgIpc) is 2.55. The van der Waals surface area contributed by atoms with E-state index in [9.17, 15) is 0 Å². The van der Waals surface area contributed by atoms with Crippen LogP contribution in [0.15, 0.2) is 78.9 Å². The monoisotopic (exact) mass is 280 g/mol. The highest BCUT2D eigenvalue weighted by Gasteiger charge is 2.13. The Hall–Kier alpha value is -2.25. The first-order valence-corrected chi connectivity index (χ1v) is 6.73. The zero-order valence-electron chi connectivity index (χ0n) is 10.8. The number of rotatable bonds is 3. The minimum absolute atomic E-state index is 0.666. The molecule has 3 rings (SSSR count). The SMILES string of the molecule is ClOc1cccc(-c2ccccc2)c1-c1ccccc1. The predicted molar refractivity (Wildman–Crippen MR) is 83.8 cm³/mol. The van der Waals surface area contributed by atoms with E-state index in [4.69, 9.17) is 16.2 Å². The van der Waals surface area contributed by atoms with Gasteiger partial charge in [-0.2, -0.15) is 0 Å². The van der Waals surface area contributed by atoms with E-state index in [1.54, 1.807) is 0 Å². The molecule has 98 valence electrons. The van der Waals surface area contributed by atoms with Crippen molar-refractivity contribution >= 4 is 11.9 Å². The smallest absolute Gasteiger partial charge is 0.154 e. The minimum Gasteiger partial charge on any atom is -0.385 e. The van der Waals surface area contributed by atoms with Gasteiger partial charge < -0.3 is 4.29 Å². The Kier molecular flexibility index (Phi) is 3.71. The number of benzene rings is 3. The third-order valence-electron chi connectivity index (χ3n) is 3.26. The molecule has 3 aromatic carbocycles. The molecule has 20 heavy (non-hydrogen) atoms. The molecule has 2 heteroatoms. The predicted octanol–water partition coefficient (Wildman–Crippen LogP) is 5.55. The van der Waals surface area contributed by atoms with Crippen LogP contribution in [0, 0.1) is 0 Å². The van der Waals surface area contributed by atoms with Gasteiger partial charge in [-0.1, -0.05) is 72.8 Å². The third kappa shape index (κ3) is 2.40. The van der Waals surface area contributed by atoms with Crippen molar-refractivity contribution in [1.29, 1.82) is 0 Å². The molecule has 0 radical (unpaired) electrons. The van der Waals surface area contributed by atoms with Crippen LogP contribution in [0.25, 0.3) is 22.3 Å². The largest absolute Gasteiger partial charge is 0.385 e. The second kappa shape index (κ2) is 5.81. The van der Waals surface area contributed by atoms with Gasteiger partial charge in [-0.05, 0) is 22.8 Å². The van der Waals surface area contributed by atoms with Crippen LogP contribution in [0.5, 0.6) is 5.75 Å². The Morgan fingerprint density at radius 3 is 1.80 bits per heavy atom. The molecule has 0 fully saturated rings. The molecule has 3 aromatic rings. The molecule has 0 heterocycles. The molecule has 0 saturated heterocycles. The van der Waals surface area contributed by atoms with E-state index in [1.165, 1.54) is 0 Å². The van der Waals surface area contributed by atoms with Crippen LogP contribution in [0.3, 0.4) is 0 Å². The maximum Gasteiger partial charge on any atom is 0.154 e. The molecule has 0 N–H and O–H groups in total. The molecule has 0 aliphatic heterocycles. The summed E-state index contributed by atoms with van der Waals surface area (Å²) in [6, 6.07) is 26.3. The molecule has 0 spiro atoms.